The Morgan fingerprint density at radius 1 is 0.577 bits per heavy atom. The Morgan fingerprint density at radius 2 is 0.923 bits per heavy atom. The van der Waals surface area contributed by atoms with Crippen LogP contribution in [0.3, 0.4) is 0 Å². The maximum absolute atomic E-state index is 13.6. The Balaban J connectivity index is 2.37. The van der Waals surface area contributed by atoms with Gasteiger partial charge in [-0.2, -0.15) is 26.3 Å². The second kappa shape index (κ2) is 7.31. The van der Waals surface area contributed by atoms with Crippen molar-refractivity contribution >= 4 is 12.2 Å². The molecule has 0 nitrogen and oxygen atoms in total. The minimum Gasteiger partial charge on any atom is -0.206 e. The molecule has 0 saturated carbocycles. The molecule has 2 aromatic carbocycles. The zero-order chi connectivity index (χ0) is 19.5. The highest BCUT2D eigenvalue weighted by atomic mass is 19.4. The average molecular weight is 378 g/mol. The van der Waals surface area contributed by atoms with E-state index in [0.29, 0.717) is 12.1 Å². The summed E-state index contributed by atoms with van der Waals surface area (Å²) in [7, 11) is 0. The van der Waals surface area contributed by atoms with Gasteiger partial charge in [-0.15, -0.1) is 0 Å². The quantitative estimate of drug-likeness (QED) is 0.410. The molecule has 2 aromatic rings. The first kappa shape index (κ1) is 19.7. The molecule has 138 valence electrons. The number of halogens is 8. The number of hydrogen-bond acceptors (Lipinski definition) is 0. The number of rotatable bonds is 3. The van der Waals surface area contributed by atoms with Crippen LogP contribution in [0.15, 0.2) is 48.6 Å². The van der Waals surface area contributed by atoms with Crippen molar-refractivity contribution in [1.29, 1.82) is 0 Å². The lowest BCUT2D eigenvalue weighted by atomic mass is 10.0. The van der Waals surface area contributed by atoms with E-state index in [9.17, 15) is 35.1 Å². The van der Waals surface area contributed by atoms with E-state index in [-0.39, 0.29) is 0 Å². The highest BCUT2D eigenvalue weighted by Gasteiger charge is 2.34. The fourth-order valence-corrected chi connectivity index (χ4v) is 2.21. The third kappa shape index (κ3) is 4.50. The van der Waals surface area contributed by atoms with Crippen LogP contribution in [0.1, 0.15) is 22.3 Å². The van der Waals surface area contributed by atoms with Gasteiger partial charge in [-0.1, -0.05) is 36.4 Å². The first-order chi connectivity index (χ1) is 12.0. The lowest BCUT2D eigenvalue weighted by molar-refractivity contribution is -0.138. The average Bonchev–Trinajstić information content (AvgIpc) is 2.51. The molecule has 0 bridgehead atoms. The molecule has 0 aliphatic heterocycles. The SMILES string of the molecule is Fc1cccc(C(F)(F)F)c1/C=C/C=C/c1c(F)cccc1C(F)(F)F. The zero-order valence-corrected chi connectivity index (χ0v) is 12.8. The monoisotopic (exact) mass is 378 g/mol. The van der Waals surface area contributed by atoms with E-state index in [1.54, 1.807) is 0 Å². The second-order valence-electron chi connectivity index (χ2n) is 5.12. The third-order valence-corrected chi connectivity index (χ3v) is 3.35. The molecule has 0 unspecified atom stereocenters. The van der Waals surface area contributed by atoms with Crippen molar-refractivity contribution in [3.05, 3.63) is 82.4 Å². The molecule has 0 atom stereocenters. The van der Waals surface area contributed by atoms with Crippen molar-refractivity contribution in [1.82, 2.24) is 0 Å². The topological polar surface area (TPSA) is 0 Å². The van der Waals surface area contributed by atoms with Crippen molar-refractivity contribution in [2.75, 3.05) is 0 Å². The summed E-state index contributed by atoms with van der Waals surface area (Å²) >= 11 is 0. The molecular weight excluding hydrogens is 368 g/mol. The fraction of sp³-hybridized carbons (Fsp3) is 0.111. The predicted molar refractivity (Wildman–Crippen MR) is 80.9 cm³/mol. The smallest absolute Gasteiger partial charge is 0.206 e. The molecule has 0 heterocycles. The van der Waals surface area contributed by atoms with E-state index in [0.717, 1.165) is 48.6 Å². The largest absolute Gasteiger partial charge is 0.417 e. The molecule has 0 aliphatic carbocycles. The highest BCUT2D eigenvalue weighted by Crippen LogP contribution is 2.35. The summed E-state index contributed by atoms with van der Waals surface area (Å²) in [5, 5.41) is 0. The van der Waals surface area contributed by atoms with Crippen molar-refractivity contribution in [2.45, 2.75) is 12.4 Å². The highest BCUT2D eigenvalue weighted by molar-refractivity contribution is 5.62. The molecule has 0 saturated heterocycles. The van der Waals surface area contributed by atoms with Crippen LogP contribution in [0, 0.1) is 11.6 Å². The molecule has 8 heteroatoms. The lowest BCUT2D eigenvalue weighted by Crippen LogP contribution is -2.08. The van der Waals surface area contributed by atoms with Crippen LogP contribution in [-0.2, 0) is 12.4 Å². The normalized spacial score (nSPS) is 13.1. The molecular formula is C18H10F8. The standard InChI is InChI=1S/C18H10F8/c19-15-9-3-7-13(17(21,22)23)11(15)5-1-2-6-12-14(18(24,25)26)8-4-10-16(12)20/h1-10H/b5-1+,6-2+. The molecule has 0 amide bonds. The van der Waals surface area contributed by atoms with Gasteiger partial charge in [-0.05, 0) is 24.3 Å². The fourth-order valence-electron chi connectivity index (χ4n) is 2.21. The van der Waals surface area contributed by atoms with E-state index in [1.165, 1.54) is 0 Å². The predicted octanol–water partition coefficient (Wildman–Crippen LogP) is 6.73. The maximum atomic E-state index is 13.6. The van der Waals surface area contributed by atoms with Crippen LogP contribution < -0.4 is 0 Å². The summed E-state index contributed by atoms with van der Waals surface area (Å²) in [6.45, 7) is 0. The van der Waals surface area contributed by atoms with Gasteiger partial charge >= 0.3 is 12.4 Å². The van der Waals surface area contributed by atoms with Gasteiger partial charge in [0.05, 0.1) is 11.1 Å². The van der Waals surface area contributed by atoms with Gasteiger partial charge in [-0.25, -0.2) is 8.78 Å². The molecule has 0 aromatic heterocycles. The Hall–Kier alpha value is -2.64. The van der Waals surface area contributed by atoms with Gasteiger partial charge < -0.3 is 0 Å². The molecule has 0 fully saturated rings. The van der Waals surface area contributed by atoms with E-state index >= 15 is 0 Å². The Bertz CT molecular complexity index is 770. The first-order valence-corrected chi connectivity index (χ1v) is 7.08. The van der Waals surface area contributed by atoms with Crippen LogP contribution in [0.4, 0.5) is 35.1 Å². The van der Waals surface area contributed by atoms with E-state index in [4.69, 9.17) is 0 Å². The summed E-state index contributed by atoms with van der Waals surface area (Å²) in [5.74, 6) is -2.29. The van der Waals surface area contributed by atoms with Gasteiger partial charge in [0.2, 0.25) is 0 Å². The zero-order valence-electron chi connectivity index (χ0n) is 12.8. The third-order valence-electron chi connectivity index (χ3n) is 3.35. The molecule has 0 spiro atoms. The van der Waals surface area contributed by atoms with Gasteiger partial charge in [0.15, 0.2) is 0 Å². The number of hydrogen-bond donors (Lipinski definition) is 0. The number of allylic oxidation sites excluding steroid dienone is 2. The summed E-state index contributed by atoms with van der Waals surface area (Å²) in [6, 6.07) is 4.76. The minimum atomic E-state index is -4.81. The summed E-state index contributed by atoms with van der Waals surface area (Å²) in [5.41, 5.74) is -4.00. The Morgan fingerprint density at radius 3 is 1.23 bits per heavy atom. The Labute approximate surface area is 143 Å². The molecule has 0 N–H and O–H groups in total. The van der Waals surface area contributed by atoms with Crippen LogP contribution in [0.5, 0.6) is 0 Å². The van der Waals surface area contributed by atoms with Gasteiger partial charge in [0.25, 0.3) is 0 Å². The van der Waals surface area contributed by atoms with Crippen molar-refractivity contribution < 1.29 is 35.1 Å². The van der Waals surface area contributed by atoms with Crippen molar-refractivity contribution in [3.8, 4) is 0 Å². The van der Waals surface area contributed by atoms with Gasteiger partial charge in [0.1, 0.15) is 11.6 Å². The first-order valence-electron chi connectivity index (χ1n) is 7.08. The van der Waals surface area contributed by atoms with E-state index in [2.05, 4.69) is 0 Å². The van der Waals surface area contributed by atoms with Crippen molar-refractivity contribution in [3.63, 3.8) is 0 Å². The lowest BCUT2D eigenvalue weighted by Gasteiger charge is -2.11. The summed E-state index contributed by atoms with van der Waals surface area (Å²) in [4.78, 5) is 0. The van der Waals surface area contributed by atoms with E-state index < -0.39 is 46.2 Å². The Kier molecular flexibility index (Phi) is 5.53. The number of alkyl halides is 6. The minimum absolute atomic E-state index is 0.672. The number of benzene rings is 2. The van der Waals surface area contributed by atoms with Crippen LogP contribution in [0.25, 0.3) is 12.2 Å². The summed E-state index contributed by atoms with van der Waals surface area (Å²) < 4.78 is 104. The van der Waals surface area contributed by atoms with Crippen LogP contribution >= 0.6 is 0 Å². The van der Waals surface area contributed by atoms with E-state index in [1.807, 2.05) is 0 Å². The molecule has 0 aliphatic rings. The molecule has 0 radical (unpaired) electrons. The van der Waals surface area contributed by atoms with Gasteiger partial charge in [0, 0.05) is 11.1 Å². The summed E-state index contributed by atoms with van der Waals surface area (Å²) in [6.07, 6.45) is -6.30. The molecule has 2 rings (SSSR count). The van der Waals surface area contributed by atoms with Crippen molar-refractivity contribution in [2.24, 2.45) is 0 Å². The molecule has 26 heavy (non-hydrogen) atoms. The van der Waals surface area contributed by atoms with Crippen LogP contribution in [0.2, 0.25) is 0 Å². The van der Waals surface area contributed by atoms with Crippen LogP contribution in [-0.4, -0.2) is 0 Å². The van der Waals surface area contributed by atoms with Gasteiger partial charge in [-0.3, -0.25) is 0 Å². The second-order valence-corrected chi connectivity index (χ2v) is 5.12. The maximum Gasteiger partial charge on any atom is 0.417 e.